The van der Waals surface area contributed by atoms with Gasteiger partial charge in [-0.05, 0) is 31.6 Å². The fourth-order valence-corrected chi connectivity index (χ4v) is 3.32. The molecule has 0 spiro atoms. The predicted molar refractivity (Wildman–Crippen MR) is 90.0 cm³/mol. The van der Waals surface area contributed by atoms with Crippen LogP contribution in [-0.2, 0) is 9.59 Å². The van der Waals surface area contributed by atoms with E-state index < -0.39 is 0 Å². The van der Waals surface area contributed by atoms with E-state index in [0.717, 1.165) is 12.8 Å². The zero-order chi connectivity index (χ0) is 15.5. The molecule has 2 aliphatic rings. The number of carbonyl (C=O) groups excluding carboxylic acids is 2. The summed E-state index contributed by atoms with van der Waals surface area (Å²) in [4.78, 5) is 23.6. The molecule has 2 saturated heterocycles. The van der Waals surface area contributed by atoms with Crippen molar-refractivity contribution >= 4 is 24.2 Å². The minimum atomic E-state index is -0.377. The standard InChI is InChI=1S/C16H29N3O2.ClH/c1-16(2,3)15(21)18-7-6-17-14(20)10-11-8-12-4-5-13(9-11)19-12;/h11-13,19H,4-10H2,1-3H3,(H,17,20)(H,18,21);1H. The van der Waals surface area contributed by atoms with Crippen LogP contribution in [0.4, 0.5) is 0 Å². The number of hydrogen-bond donors (Lipinski definition) is 3. The third-order valence-electron chi connectivity index (χ3n) is 4.46. The molecule has 6 heteroatoms. The molecule has 2 fully saturated rings. The highest BCUT2D eigenvalue weighted by atomic mass is 35.5. The summed E-state index contributed by atoms with van der Waals surface area (Å²) in [6.07, 6.45) is 5.42. The average molecular weight is 332 g/mol. The zero-order valence-corrected chi connectivity index (χ0v) is 14.7. The molecule has 2 amide bonds. The van der Waals surface area contributed by atoms with Gasteiger partial charge in [0.05, 0.1) is 0 Å². The molecule has 0 aromatic rings. The van der Waals surface area contributed by atoms with Gasteiger partial charge in [-0.25, -0.2) is 0 Å². The lowest BCUT2D eigenvalue weighted by Gasteiger charge is -2.28. The van der Waals surface area contributed by atoms with Gasteiger partial charge >= 0.3 is 0 Å². The molecule has 0 aliphatic carbocycles. The van der Waals surface area contributed by atoms with Crippen LogP contribution in [0.3, 0.4) is 0 Å². The van der Waals surface area contributed by atoms with Gasteiger partial charge in [0.25, 0.3) is 0 Å². The first-order valence-corrected chi connectivity index (χ1v) is 8.15. The van der Waals surface area contributed by atoms with Gasteiger partial charge in [-0.15, -0.1) is 12.4 Å². The Labute approximate surface area is 139 Å². The summed E-state index contributed by atoms with van der Waals surface area (Å²) < 4.78 is 0. The maximum Gasteiger partial charge on any atom is 0.225 e. The van der Waals surface area contributed by atoms with Gasteiger partial charge in [-0.2, -0.15) is 0 Å². The molecule has 128 valence electrons. The summed E-state index contributed by atoms with van der Waals surface area (Å²) in [5.41, 5.74) is -0.377. The van der Waals surface area contributed by atoms with E-state index in [9.17, 15) is 9.59 Å². The van der Waals surface area contributed by atoms with E-state index in [0.29, 0.717) is 37.5 Å². The lowest BCUT2D eigenvalue weighted by Crippen LogP contribution is -2.41. The highest BCUT2D eigenvalue weighted by Crippen LogP contribution is 2.32. The molecule has 0 aromatic carbocycles. The van der Waals surface area contributed by atoms with Gasteiger partial charge in [0.15, 0.2) is 0 Å². The third kappa shape index (κ3) is 5.76. The molecule has 2 rings (SSSR count). The Kier molecular flexibility index (Phi) is 7.13. The van der Waals surface area contributed by atoms with Crippen molar-refractivity contribution in [2.24, 2.45) is 11.3 Å². The van der Waals surface area contributed by atoms with Crippen LogP contribution in [0.25, 0.3) is 0 Å². The molecule has 5 nitrogen and oxygen atoms in total. The Morgan fingerprint density at radius 2 is 1.59 bits per heavy atom. The molecule has 0 aromatic heterocycles. The smallest absolute Gasteiger partial charge is 0.225 e. The Morgan fingerprint density at radius 3 is 2.14 bits per heavy atom. The van der Waals surface area contributed by atoms with Crippen molar-refractivity contribution in [1.82, 2.24) is 16.0 Å². The van der Waals surface area contributed by atoms with Crippen molar-refractivity contribution in [3.8, 4) is 0 Å². The summed E-state index contributed by atoms with van der Waals surface area (Å²) in [5, 5.41) is 9.35. The van der Waals surface area contributed by atoms with Crippen molar-refractivity contribution < 1.29 is 9.59 Å². The van der Waals surface area contributed by atoms with E-state index in [1.54, 1.807) is 0 Å². The molecule has 2 heterocycles. The van der Waals surface area contributed by atoms with Crippen molar-refractivity contribution in [3.63, 3.8) is 0 Å². The number of amides is 2. The van der Waals surface area contributed by atoms with Gasteiger partial charge in [-0.1, -0.05) is 20.8 Å². The van der Waals surface area contributed by atoms with Gasteiger partial charge in [0, 0.05) is 37.0 Å². The van der Waals surface area contributed by atoms with Crippen LogP contribution in [0.5, 0.6) is 0 Å². The Hall–Kier alpha value is -0.810. The minimum absolute atomic E-state index is 0. The first-order chi connectivity index (χ1) is 9.84. The second-order valence-corrected chi connectivity index (χ2v) is 7.54. The molecule has 2 atom stereocenters. The summed E-state index contributed by atoms with van der Waals surface area (Å²) in [7, 11) is 0. The first kappa shape index (κ1) is 19.2. The Balaban J connectivity index is 0.00000242. The largest absolute Gasteiger partial charge is 0.354 e. The van der Waals surface area contributed by atoms with Crippen LogP contribution >= 0.6 is 12.4 Å². The summed E-state index contributed by atoms with van der Waals surface area (Å²) in [6, 6.07) is 1.26. The van der Waals surface area contributed by atoms with E-state index in [1.165, 1.54) is 12.8 Å². The average Bonchev–Trinajstić information content (AvgIpc) is 2.72. The number of nitrogens with one attached hydrogen (secondary N) is 3. The number of rotatable bonds is 5. The van der Waals surface area contributed by atoms with Gasteiger partial charge in [0.1, 0.15) is 0 Å². The fourth-order valence-electron chi connectivity index (χ4n) is 3.32. The van der Waals surface area contributed by atoms with Crippen LogP contribution in [0.2, 0.25) is 0 Å². The number of fused-ring (bicyclic) bond motifs is 2. The molecule has 2 aliphatic heterocycles. The molecular formula is C16H30ClN3O2. The fraction of sp³-hybridized carbons (Fsp3) is 0.875. The van der Waals surface area contributed by atoms with Gasteiger partial charge in [0.2, 0.25) is 11.8 Å². The minimum Gasteiger partial charge on any atom is -0.354 e. The van der Waals surface area contributed by atoms with Crippen LogP contribution in [0, 0.1) is 11.3 Å². The second-order valence-electron chi connectivity index (χ2n) is 7.54. The molecule has 2 bridgehead atoms. The SMILES string of the molecule is CC(C)(C)C(=O)NCCNC(=O)CC1CC2CCC(C1)N2.Cl. The molecule has 0 radical (unpaired) electrons. The maximum atomic E-state index is 11.9. The van der Waals surface area contributed by atoms with E-state index in [1.807, 2.05) is 20.8 Å². The van der Waals surface area contributed by atoms with E-state index in [-0.39, 0.29) is 29.6 Å². The maximum absolute atomic E-state index is 11.9. The van der Waals surface area contributed by atoms with Gasteiger partial charge in [-0.3, -0.25) is 9.59 Å². The lowest BCUT2D eigenvalue weighted by molar-refractivity contribution is -0.128. The number of piperidine rings is 1. The number of carbonyl (C=O) groups is 2. The van der Waals surface area contributed by atoms with Crippen LogP contribution in [-0.4, -0.2) is 37.0 Å². The molecule has 3 N–H and O–H groups in total. The molecule has 0 saturated carbocycles. The monoisotopic (exact) mass is 331 g/mol. The van der Waals surface area contributed by atoms with Crippen molar-refractivity contribution in [1.29, 1.82) is 0 Å². The number of hydrogen-bond acceptors (Lipinski definition) is 3. The van der Waals surface area contributed by atoms with Crippen molar-refractivity contribution in [2.45, 2.75) is 65.0 Å². The second kappa shape index (κ2) is 8.16. The van der Waals surface area contributed by atoms with E-state index in [4.69, 9.17) is 0 Å². The Bertz CT molecular complexity index is 383. The molecule has 22 heavy (non-hydrogen) atoms. The highest BCUT2D eigenvalue weighted by Gasteiger charge is 2.34. The van der Waals surface area contributed by atoms with E-state index >= 15 is 0 Å². The highest BCUT2D eigenvalue weighted by molar-refractivity contribution is 5.85. The summed E-state index contributed by atoms with van der Waals surface area (Å²) in [6.45, 7) is 6.66. The quantitative estimate of drug-likeness (QED) is 0.670. The Morgan fingerprint density at radius 1 is 1.05 bits per heavy atom. The molecular weight excluding hydrogens is 302 g/mol. The number of halogens is 1. The van der Waals surface area contributed by atoms with E-state index in [2.05, 4.69) is 16.0 Å². The van der Waals surface area contributed by atoms with Crippen LogP contribution < -0.4 is 16.0 Å². The molecule has 2 unspecified atom stereocenters. The topological polar surface area (TPSA) is 70.2 Å². The summed E-state index contributed by atoms with van der Waals surface area (Å²) >= 11 is 0. The van der Waals surface area contributed by atoms with Crippen LogP contribution in [0.1, 0.15) is 52.9 Å². The normalized spacial score (nSPS) is 27.0. The van der Waals surface area contributed by atoms with Crippen molar-refractivity contribution in [2.75, 3.05) is 13.1 Å². The lowest BCUT2D eigenvalue weighted by atomic mass is 9.89. The first-order valence-electron chi connectivity index (χ1n) is 8.15. The van der Waals surface area contributed by atoms with Crippen LogP contribution in [0.15, 0.2) is 0 Å². The van der Waals surface area contributed by atoms with Crippen molar-refractivity contribution in [3.05, 3.63) is 0 Å². The third-order valence-corrected chi connectivity index (χ3v) is 4.46. The predicted octanol–water partition coefficient (Wildman–Crippen LogP) is 1.61. The zero-order valence-electron chi connectivity index (χ0n) is 13.9. The van der Waals surface area contributed by atoms with Gasteiger partial charge < -0.3 is 16.0 Å². The summed E-state index contributed by atoms with van der Waals surface area (Å²) in [5.74, 6) is 0.658.